The lowest BCUT2D eigenvalue weighted by Crippen LogP contribution is -2.34. The first-order valence-electron chi connectivity index (χ1n) is 9.19. The van der Waals surface area contributed by atoms with Crippen molar-refractivity contribution in [3.05, 3.63) is 40.7 Å². The fourth-order valence-electron chi connectivity index (χ4n) is 4.18. The van der Waals surface area contributed by atoms with Crippen molar-refractivity contribution in [2.24, 2.45) is 0 Å². The molecule has 1 N–H and O–H groups in total. The van der Waals surface area contributed by atoms with Gasteiger partial charge < -0.3 is 24.1 Å². The minimum absolute atomic E-state index is 0.0528. The van der Waals surface area contributed by atoms with Gasteiger partial charge in [-0.25, -0.2) is 4.68 Å². The van der Waals surface area contributed by atoms with Crippen LogP contribution in [0.4, 0.5) is 0 Å². The smallest absolute Gasteiger partial charge is 0.220 e. The lowest BCUT2D eigenvalue weighted by Gasteiger charge is -2.24. The van der Waals surface area contributed by atoms with Crippen molar-refractivity contribution in [1.82, 2.24) is 15.0 Å². The van der Waals surface area contributed by atoms with Gasteiger partial charge >= 0.3 is 0 Å². The molecular weight excluding hydrogens is 382 g/mol. The van der Waals surface area contributed by atoms with Gasteiger partial charge in [-0.15, -0.1) is 5.10 Å². The number of phenols is 1. The monoisotopic (exact) mass is 401 g/mol. The SMILES string of the molecule is CO[C@@H]1O[C@H](Cn2nnc3c2C(=O)c2cccc(O)c2C3=O)[C@H]2OC(C)(C)O[C@@H]12. The van der Waals surface area contributed by atoms with Crippen LogP contribution in [-0.2, 0) is 25.5 Å². The van der Waals surface area contributed by atoms with Gasteiger partial charge in [0, 0.05) is 12.7 Å². The molecule has 2 aliphatic heterocycles. The van der Waals surface area contributed by atoms with Crippen LogP contribution in [0, 0.1) is 0 Å². The molecule has 2 saturated heterocycles. The predicted molar refractivity (Wildman–Crippen MR) is 94.5 cm³/mol. The standard InChI is InChI=1S/C19H19N3O7/c1-19(2)28-16-10(27-18(26-3)17(16)29-19)7-22-13-12(20-21-22)15(25)11-8(14(13)24)5-4-6-9(11)23/h4-6,10,16-18,23H,7H2,1-3H3/t10-,16-,17-,18-/m1/s1. The zero-order chi connectivity index (χ0) is 20.5. The Kier molecular flexibility index (Phi) is 3.91. The van der Waals surface area contributed by atoms with Gasteiger partial charge in [-0.2, -0.15) is 0 Å². The largest absolute Gasteiger partial charge is 0.507 e. The molecule has 1 aromatic heterocycles. The highest BCUT2D eigenvalue weighted by atomic mass is 16.8. The van der Waals surface area contributed by atoms with Crippen molar-refractivity contribution in [3.63, 3.8) is 0 Å². The van der Waals surface area contributed by atoms with Gasteiger partial charge in [0.1, 0.15) is 29.8 Å². The molecule has 10 heteroatoms. The molecule has 1 aromatic carbocycles. The van der Waals surface area contributed by atoms with Crippen molar-refractivity contribution in [3.8, 4) is 5.75 Å². The lowest BCUT2D eigenvalue weighted by atomic mass is 9.89. The maximum absolute atomic E-state index is 13.0. The highest BCUT2D eigenvalue weighted by molar-refractivity contribution is 6.27. The number of aromatic nitrogens is 3. The number of ether oxygens (including phenoxy) is 4. The number of benzene rings is 1. The molecule has 10 nitrogen and oxygen atoms in total. The van der Waals surface area contributed by atoms with Crippen molar-refractivity contribution in [2.75, 3.05) is 7.11 Å². The van der Waals surface area contributed by atoms with Crippen LogP contribution < -0.4 is 0 Å². The first-order valence-corrected chi connectivity index (χ1v) is 9.19. The minimum atomic E-state index is -0.793. The summed E-state index contributed by atoms with van der Waals surface area (Å²) in [4.78, 5) is 25.8. The van der Waals surface area contributed by atoms with Crippen molar-refractivity contribution in [2.45, 2.75) is 50.8 Å². The average molecular weight is 401 g/mol. The zero-order valence-electron chi connectivity index (χ0n) is 16.0. The summed E-state index contributed by atoms with van der Waals surface area (Å²) in [6.45, 7) is 3.73. The lowest BCUT2D eigenvalue weighted by molar-refractivity contribution is -0.228. The number of methoxy groups -OCH3 is 1. The molecule has 0 spiro atoms. The van der Waals surface area contributed by atoms with E-state index in [0.717, 1.165) is 0 Å². The first-order chi connectivity index (χ1) is 13.8. The molecule has 0 unspecified atom stereocenters. The molecule has 29 heavy (non-hydrogen) atoms. The molecule has 0 radical (unpaired) electrons. The third-order valence-electron chi connectivity index (χ3n) is 5.37. The Hall–Kier alpha value is -2.66. The molecule has 5 rings (SSSR count). The summed E-state index contributed by atoms with van der Waals surface area (Å²) in [5.74, 6) is -2.03. The Balaban J connectivity index is 1.49. The Morgan fingerprint density at radius 2 is 1.97 bits per heavy atom. The van der Waals surface area contributed by atoms with Gasteiger partial charge in [0.15, 0.2) is 17.8 Å². The maximum Gasteiger partial charge on any atom is 0.220 e. The van der Waals surface area contributed by atoms with Gasteiger partial charge in [0.05, 0.1) is 12.1 Å². The van der Waals surface area contributed by atoms with Crippen molar-refractivity contribution in [1.29, 1.82) is 0 Å². The molecule has 3 heterocycles. The number of hydrogen-bond donors (Lipinski definition) is 1. The van der Waals surface area contributed by atoms with E-state index in [4.69, 9.17) is 18.9 Å². The zero-order valence-corrected chi connectivity index (χ0v) is 16.0. The second-order valence-electron chi connectivity index (χ2n) is 7.67. The fourth-order valence-corrected chi connectivity index (χ4v) is 4.18. The van der Waals surface area contributed by atoms with Crippen LogP contribution in [0.25, 0.3) is 0 Å². The topological polar surface area (TPSA) is 122 Å². The summed E-state index contributed by atoms with van der Waals surface area (Å²) in [6, 6.07) is 4.36. The van der Waals surface area contributed by atoms with E-state index in [1.807, 2.05) is 0 Å². The quantitative estimate of drug-likeness (QED) is 0.674. The van der Waals surface area contributed by atoms with Crippen LogP contribution in [-0.4, -0.2) is 69.2 Å². The molecule has 0 saturated carbocycles. The second-order valence-corrected chi connectivity index (χ2v) is 7.67. The molecular formula is C19H19N3O7. The minimum Gasteiger partial charge on any atom is -0.507 e. The number of phenolic OH excluding ortho intramolecular Hbond substituents is 1. The van der Waals surface area contributed by atoms with Gasteiger partial charge in [-0.3, -0.25) is 9.59 Å². The first kappa shape index (κ1) is 18.4. The number of fused-ring (bicyclic) bond motifs is 3. The number of nitrogens with zero attached hydrogens (tertiary/aromatic N) is 3. The summed E-state index contributed by atoms with van der Waals surface area (Å²) < 4.78 is 24.4. The Morgan fingerprint density at radius 3 is 2.72 bits per heavy atom. The third-order valence-corrected chi connectivity index (χ3v) is 5.37. The number of hydrogen-bond acceptors (Lipinski definition) is 9. The molecule has 1 aliphatic carbocycles. The van der Waals surface area contributed by atoms with E-state index < -0.39 is 42.0 Å². The molecule has 0 bridgehead atoms. The Bertz CT molecular complexity index is 1030. The number of carbonyl (C=O) groups excluding carboxylic acids is 2. The van der Waals surface area contributed by atoms with Crippen LogP contribution >= 0.6 is 0 Å². The van der Waals surface area contributed by atoms with E-state index in [-0.39, 0.29) is 34.8 Å². The van der Waals surface area contributed by atoms with E-state index in [2.05, 4.69) is 10.3 Å². The third kappa shape index (κ3) is 2.64. The van der Waals surface area contributed by atoms with E-state index >= 15 is 0 Å². The molecule has 3 aliphatic rings. The molecule has 2 fully saturated rings. The van der Waals surface area contributed by atoms with Gasteiger partial charge in [0.25, 0.3) is 0 Å². The molecule has 2 aromatic rings. The molecule has 0 amide bonds. The van der Waals surface area contributed by atoms with Crippen LogP contribution in [0.15, 0.2) is 18.2 Å². The second kappa shape index (κ2) is 6.17. The van der Waals surface area contributed by atoms with Crippen molar-refractivity contribution < 1.29 is 33.6 Å². The number of ketones is 2. The predicted octanol–water partition coefficient (Wildman–Crippen LogP) is 0.650. The highest BCUT2D eigenvalue weighted by Crippen LogP contribution is 2.40. The Labute approximate surface area is 165 Å². The summed E-state index contributed by atoms with van der Waals surface area (Å²) in [5.41, 5.74) is 0.0358. The number of carbonyl (C=O) groups is 2. The van der Waals surface area contributed by atoms with E-state index in [0.29, 0.717) is 0 Å². The van der Waals surface area contributed by atoms with E-state index in [1.165, 1.54) is 30.0 Å². The van der Waals surface area contributed by atoms with Crippen LogP contribution in [0.5, 0.6) is 5.75 Å². The van der Waals surface area contributed by atoms with E-state index in [1.54, 1.807) is 13.8 Å². The van der Waals surface area contributed by atoms with Crippen LogP contribution in [0.2, 0.25) is 0 Å². The molecule has 4 atom stereocenters. The van der Waals surface area contributed by atoms with Gasteiger partial charge in [0.2, 0.25) is 11.6 Å². The number of rotatable bonds is 3. The fraction of sp³-hybridized carbons (Fsp3) is 0.474. The van der Waals surface area contributed by atoms with E-state index in [9.17, 15) is 14.7 Å². The summed E-state index contributed by atoms with van der Waals surface area (Å²) in [6.07, 6.45) is -2.00. The van der Waals surface area contributed by atoms with Crippen LogP contribution in [0.3, 0.4) is 0 Å². The molecule has 152 valence electrons. The Morgan fingerprint density at radius 1 is 1.21 bits per heavy atom. The average Bonchev–Trinajstić information content (AvgIpc) is 3.32. The summed E-state index contributed by atoms with van der Waals surface area (Å²) in [7, 11) is 1.52. The normalized spacial score (nSPS) is 29.6. The summed E-state index contributed by atoms with van der Waals surface area (Å²) >= 11 is 0. The maximum atomic E-state index is 13.0. The number of aromatic hydroxyl groups is 1. The van der Waals surface area contributed by atoms with Crippen molar-refractivity contribution >= 4 is 11.6 Å². The van der Waals surface area contributed by atoms with Gasteiger partial charge in [-0.05, 0) is 26.0 Å². The summed E-state index contributed by atoms with van der Waals surface area (Å²) in [5, 5.41) is 17.9. The highest BCUT2D eigenvalue weighted by Gasteiger charge is 2.56. The van der Waals surface area contributed by atoms with Gasteiger partial charge in [-0.1, -0.05) is 11.3 Å². The van der Waals surface area contributed by atoms with Crippen LogP contribution in [0.1, 0.15) is 46.0 Å².